The first kappa shape index (κ1) is 19.7. The van der Waals surface area contributed by atoms with Gasteiger partial charge >= 0.3 is 5.97 Å². The van der Waals surface area contributed by atoms with Crippen LogP contribution in [0, 0.1) is 5.92 Å². The van der Waals surface area contributed by atoms with Crippen LogP contribution >= 0.6 is 0 Å². The van der Waals surface area contributed by atoms with Crippen LogP contribution in [-0.4, -0.2) is 38.7 Å². The number of carbonyl (C=O) groups excluding carboxylic acids is 1. The SMILES string of the molecule is CN=C(NCCCCC(=O)OC)NC(C)CCCC(C)C. The van der Waals surface area contributed by atoms with Crippen molar-refractivity contribution < 1.29 is 9.53 Å². The van der Waals surface area contributed by atoms with Crippen LogP contribution in [0.25, 0.3) is 0 Å². The zero-order valence-corrected chi connectivity index (χ0v) is 14.4. The number of esters is 1. The molecule has 0 saturated heterocycles. The molecule has 0 aromatic rings. The largest absolute Gasteiger partial charge is 0.469 e. The molecule has 0 rings (SSSR count). The fourth-order valence-electron chi connectivity index (χ4n) is 2.04. The zero-order chi connectivity index (χ0) is 16.1. The van der Waals surface area contributed by atoms with E-state index in [0.717, 1.165) is 37.7 Å². The number of unbranched alkanes of at least 4 members (excludes halogenated alkanes) is 1. The summed E-state index contributed by atoms with van der Waals surface area (Å²) >= 11 is 0. The maximum absolute atomic E-state index is 11.0. The van der Waals surface area contributed by atoms with E-state index in [4.69, 9.17) is 0 Å². The number of methoxy groups -OCH3 is 1. The second-order valence-electron chi connectivity index (χ2n) is 5.90. The van der Waals surface area contributed by atoms with Gasteiger partial charge in [-0.05, 0) is 32.1 Å². The van der Waals surface area contributed by atoms with Crippen LogP contribution in [0.5, 0.6) is 0 Å². The van der Waals surface area contributed by atoms with Gasteiger partial charge < -0.3 is 15.4 Å². The zero-order valence-electron chi connectivity index (χ0n) is 14.4. The first-order valence-corrected chi connectivity index (χ1v) is 8.03. The molecule has 0 heterocycles. The van der Waals surface area contributed by atoms with Gasteiger partial charge in [0, 0.05) is 26.1 Å². The van der Waals surface area contributed by atoms with Gasteiger partial charge in [0.05, 0.1) is 7.11 Å². The summed E-state index contributed by atoms with van der Waals surface area (Å²) in [7, 11) is 3.21. The summed E-state index contributed by atoms with van der Waals surface area (Å²) in [5.74, 6) is 1.46. The monoisotopic (exact) mass is 299 g/mol. The highest BCUT2D eigenvalue weighted by Crippen LogP contribution is 2.08. The summed E-state index contributed by atoms with van der Waals surface area (Å²) in [5, 5.41) is 6.68. The minimum Gasteiger partial charge on any atom is -0.469 e. The second-order valence-corrected chi connectivity index (χ2v) is 5.90. The maximum atomic E-state index is 11.0. The van der Waals surface area contributed by atoms with E-state index in [2.05, 4.69) is 41.1 Å². The van der Waals surface area contributed by atoms with Crippen molar-refractivity contribution in [2.75, 3.05) is 20.7 Å². The number of carbonyl (C=O) groups is 1. The lowest BCUT2D eigenvalue weighted by molar-refractivity contribution is -0.140. The molecule has 0 fully saturated rings. The Hall–Kier alpha value is -1.26. The molecule has 5 heteroatoms. The lowest BCUT2D eigenvalue weighted by atomic mass is 10.0. The van der Waals surface area contributed by atoms with E-state index < -0.39 is 0 Å². The summed E-state index contributed by atoms with van der Waals surface area (Å²) < 4.78 is 4.61. The predicted molar refractivity (Wildman–Crippen MR) is 88.5 cm³/mol. The van der Waals surface area contributed by atoms with Gasteiger partial charge in [-0.1, -0.05) is 26.7 Å². The molecule has 0 aromatic carbocycles. The number of hydrogen-bond donors (Lipinski definition) is 2. The summed E-state index contributed by atoms with van der Waals surface area (Å²) in [5.41, 5.74) is 0. The predicted octanol–water partition coefficient (Wildman–Crippen LogP) is 2.71. The van der Waals surface area contributed by atoms with Crippen LogP contribution in [-0.2, 0) is 9.53 Å². The van der Waals surface area contributed by atoms with Crippen LogP contribution in [0.15, 0.2) is 4.99 Å². The third kappa shape index (κ3) is 12.2. The summed E-state index contributed by atoms with van der Waals surface area (Å²) in [4.78, 5) is 15.2. The summed E-state index contributed by atoms with van der Waals surface area (Å²) in [6.45, 7) is 7.51. The van der Waals surface area contributed by atoms with Crippen molar-refractivity contribution in [3.05, 3.63) is 0 Å². The van der Waals surface area contributed by atoms with Crippen molar-refractivity contribution in [3.8, 4) is 0 Å². The van der Waals surface area contributed by atoms with Crippen LogP contribution in [0.4, 0.5) is 0 Å². The van der Waals surface area contributed by atoms with Crippen molar-refractivity contribution >= 4 is 11.9 Å². The van der Waals surface area contributed by atoms with Gasteiger partial charge in [-0.3, -0.25) is 9.79 Å². The molecule has 1 unspecified atom stereocenters. The number of ether oxygens (including phenoxy) is 1. The Morgan fingerprint density at radius 1 is 1.14 bits per heavy atom. The van der Waals surface area contributed by atoms with Crippen LogP contribution in [0.1, 0.15) is 59.3 Å². The molecular weight excluding hydrogens is 266 g/mol. The normalized spacial score (nSPS) is 13.1. The van der Waals surface area contributed by atoms with Gasteiger partial charge in [0.1, 0.15) is 0 Å². The van der Waals surface area contributed by atoms with Gasteiger partial charge in [-0.15, -0.1) is 0 Å². The Balaban J connectivity index is 3.73. The fraction of sp³-hybridized carbons (Fsp3) is 0.875. The van der Waals surface area contributed by atoms with E-state index in [0.29, 0.717) is 12.5 Å². The molecule has 0 aliphatic heterocycles. The van der Waals surface area contributed by atoms with Crippen molar-refractivity contribution in [3.63, 3.8) is 0 Å². The molecule has 0 aliphatic carbocycles. The Bertz CT molecular complexity index is 304. The first-order valence-electron chi connectivity index (χ1n) is 8.03. The van der Waals surface area contributed by atoms with E-state index in [9.17, 15) is 4.79 Å². The summed E-state index contributed by atoms with van der Waals surface area (Å²) in [6.07, 6.45) is 5.91. The van der Waals surface area contributed by atoms with E-state index in [-0.39, 0.29) is 5.97 Å². The number of rotatable bonds is 10. The quantitative estimate of drug-likeness (QED) is 0.282. The minimum atomic E-state index is -0.142. The molecule has 124 valence electrons. The van der Waals surface area contributed by atoms with Crippen molar-refractivity contribution in [1.82, 2.24) is 10.6 Å². The average molecular weight is 299 g/mol. The Morgan fingerprint density at radius 3 is 2.43 bits per heavy atom. The molecule has 2 N–H and O–H groups in total. The van der Waals surface area contributed by atoms with Crippen molar-refractivity contribution in [1.29, 1.82) is 0 Å². The van der Waals surface area contributed by atoms with E-state index in [1.165, 1.54) is 20.0 Å². The van der Waals surface area contributed by atoms with E-state index >= 15 is 0 Å². The molecule has 0 bridgehead atoms. The van der Waals surface area contributed by atoms with Crippen molar-refractivity contribution in [2.24, 2.45) is 10.9 Å². The highest BCUT2D eigenvalue weighted by molar-refractivity contribution is 5.79. The highest BCUT2D eigenvalue weighted by atomic mass is 16.5. The van der Waals surface area contributed by atoms with E-state index in [1.54, 1.807) is 7.05 Å². The average Bonchev–Trinajstić information content (AvgIpc) is 2.44. The van der Waals surface area contributed by atoms with Gasteiger partial charge in [0.15, 0.2) is 5.96 Å². The standard InChI is InChI=1S/C16H33N3O2/c1-13(2)9-8-10-14(3)19-16(17-4)18-12-7-6-11-15(20)21-5/h13-14H,6-12H2,1-5H3,(H2,17,18,19). The number of hydrogen-bond acceptors (Lipinski definition) is 3. The molecule has 0 radical (unpaired) electrons. The van der Waals surface area contributed by atoms with Gasteiger partial charge in [0.2, 0.25) is 0 Å². The molecule has 5 nitrogen and oxygen atoms in total. The third-order valence-corrected chi connectivity index (χ3v) is 3.35. The number of nitrogens with one attached hydrogen (secondary N) is 2. The molecule has 21 heavy (non-hydrogen) atoms. The van der Waals surface area contributed by atoms with Crippen molar-refractivity contribution in [2.45, 2.75) is 65.3 Å². The Morgan fingerprint density at radius 2 is 1.86 bits per heavy atom. The number of aliphatic imine (C=N–C) groups is 1. The minimum absolute atomic E-state index is 0.142. The molecule has 1 atom stereocenters. The highest BCUT2D eigenvalue weighted by Gasteiger charge is 2.06. The number of nitrogens with zero attached hydrogens (tertiary/aromatic N) is 1. The Labute approximate surface area is 129 Å². The molecule has 0 amide bonds. The maximum Gasteiger partial charge on any atom is 0.305 e. The molecule has 0 aliphatic rings. The van der Waals surface area contributed by atoms with E-state index in [1.807, 2.05) is 0 Å². The van der Waals surface area contributed by atoms with Crippen LogP contribution in [0.2, 0.25) is 0 Å². The molecular formula is C16H33N3O2. The second kappa shape index (κ2) is 12.5. The fourth-order valence-corrected chi connectivity index (χ4v) is 2.04. The van der Waals surface area contributed by atoms with Gasteiger partial charge in [-0.25, -0.2) is 0 Å². The van der Waals surface area contributed by atoms with Crippen LogP contribution < -0.4 is 10.6 Å². The van der Waals surface area contributed by atoms with Gasteiger partial charge in [0.25, 0.3) is 0 Å². The molecule has 0 aromatic heterocycles. The van der Waals surface area contributed by atoms with Gasteiger partial charge in [-0.2, -0.15) is 0 Å². The number of guanidine groups is 1. The summed E-state index contributed by atoms with van der Waals surface area (Å²) in [6, 6.07) is 0.421. The molecule has 0 saturated carbocycles. The lowest BCUT2D eigenvalue weighted by Gasteiger charge is -2.18. The first-order chi connectivity index (χ1) is 9.99. The molecule has 0 spiro atoms. The van der Waals surface area contributed by atoms with Crippen LogP contribution in [0.3, 0.4) is 0 Å². The Kier molecular flexibility index (Phi) is 11.7. The topological polar surface area (TPSA) is 62.7 Å². The lowest BCUT2D eigenvalue weighted by Crippen LogP contribution is -2.42. The third-order valence-electron chi connectivity index (χ3n) is 3.35. The smallest absolute Gasteiger partial charge is 0.305 e.